The van der Waals surface area contributed by atoms with Crippen molar-refractivity contribution < 1.29 is 4.79 Å². The van der Waals surface area contributed by atoms with E-state index in [1.165, 1.54) is 4.68 Å². The van der Waals surface area contributed by atoms with Crippen molar-refractivity contribution >= 4 is 21.8 Å². The van der Waals surface area contributed by atoms with Gasteiger partial charge in [-0.1, -0.05) is 0 Å². The summed E-state index contributed by atoms with van der Waals surface area (Å²) >= 11 is 3.36. The lowest BCUT2D eigenvalue weighted by atomic mass is 10.3. The topological polar surface area (TPSA) is 52.7 Å². The highest BCUT2D eigenvalue weighted by Gasteiger charge is 2.19. The van der Waals surface area contributed by atoms with Crippen LogP contribution in [-0.4, -0.2) is 25.5 Å². The van der Waals surface area contributed by atoms with Gasteiger partial charge in [0, 0.05) is 13.2 Å². The average Bonchev–Trinajstić information content (AvgIpc) is 2.78. The zero-order valence-corrected chi connectivity index (χ0v) is 10.8. The first-order chi connectivity index (χ1) is 7.50. The monoisotopic (exact) mass is 282 g/mol. The van der Waals surface area contributed by atoms with Crippen LogP contribution >= 0.6 is 15.9 Å². The van der Waals surface area contributed by atoms with Crippen LogP contribution in [0.15, 0.2) is 16.9 Å². The Kier molecular flexibility index (Phi) is 2.67. The lowest BCUT2D eigenvalue weighted by Gasteiger charge is -1.96. The summed E-state index contributed by atoms with van der Waals surface area (Å²) in [6, 6.07) is 0. The molecule has 0 radical (unpaired) electrons. The molecule has 0 bridgehead atoms. The van der Waals surface area contributed by atoms with E-state index in [0.29, 0.717) is 10.2 Å². The number of hydrogen-bond donors (Lipinski definition) is 0. The number of nitrogens with zero attached hydrogens (tertiary/aromatic N) is 4. The molecule has 0 aliphatic carbocycles. The van der Waals surface area contributed by atoms with Crippen molar-refractivity contribution in [2.24, 2.45) is 7.05 Å². The van der Waals surface area contributed by atoms with Crippen molar-refractivity contribution in [2.45, 2.75) is 13.8 Å². The van der Waals surface area contributed by atoms with Crippen LogP contribution in [-0.2, 0) is 7.05 Å². The highest BCUT2D eigenvalue weighted by molar-refractivity contribution is 9.10. The van der Waals surface area contributed by atoms with Gasteiger partial charge in [-0.15, -0.1) is 0 Å². The van der Waals surface area contributed by atoms with Gasteiger partial charge in [0.25, 0.3) is 5.91 Å². The maximum atomic E-state index is 12.0. The second-order valence-corrected chi connectivity index (χ2v) is 4.43. The van der Waals surface area contributed by atoms with E-state index in [4.69, 9.17) is 0 Å². The van der Waals surface area contributed by atoms with E-state index in [1.54, 1.807) is 24.1 Å². The van der Waals surface area contributed by atoms with Crippen LogP contribution in [0.2, 0.25) is 0 Å². The van der Waals surface area contributed by atoms with E-state index in [0.717, 1.165) is 11.3 Å². The van der Waals surface area contributed by atoms with E-state index < -0.39 is 0 Å². The fourth-order valence-electron chi connectivity index (χ4n) is 1.35. The molecule has 0 N–H and O–H groups in total. The van der Waals surface area contributed by atoms with Gasteiger partial charge in [0.05, 0.1) is 16.4 Å². The molecule has 0 unspecified atom stereocenters. The van der Waals surface area contributed by atoms with Gasteiger partial charge in [-0.05, 0) is 35.3 Å². The Hall–Kier alpha value is -1.43. The fourth-order valence-corrected chi connectivity index (χ4v) is 1.86. The number of halogens is 1. The van der Waals surface area contributed by atoms with Crippen molar-refractivity contribution in [1.82, 2.24) is 19.6 Å². The molecule has 16 heavy (non-hydrogen) atoms. The Bertz CT molecular complexity index is 555. The first-order valence-electron chi connectivity index (χ1n) is 4.75. The first-order valence-corrected chi connectivity index (χ1v) is 5.55. The summed E-state index contributed by atoms with van der Waals surface area (Å²) in [6.45, 7) is 3.78. The molecule has 0 fully saturated rings. The predicted molar refractivity (Wildman–Crippen MR) is 62.3 cm³/mol. The molecular formula is C10H11BrN4O. The summed E-state index contributed by atoms with van der Waals surface area (Å²) in [5.41, 5.74) is 2.23. The standard InChI is InChI=1S/C10H11BrN4O/c1-6-4-12-15(5-6)10(16)9-8(11)7(2)14(3)13-9/h4-5H,1-3H3. The molecule has 6 heteroatoms. The van der Waals surface area contributed by atoms with Gasteiger partial charge in [0.1, 0.15) is 0 Å². The zero-order chi connectivity index (χ0) is 11.9. The second kappa shape index (κ2) is 3.86. The number of carbonyl (C=O) groups excluding carboxylic acids is 1. The third-order valence-corrected chi connectivity index (χ3v) is 3.33. The quantitative estimate of drug-likeness (QED) is 0.800. The molecule has 2 heterocycles. The van der Waals surface area contributed by atoms with E-state index in [-0.39, 0.29) is 5.91 Å². The van der Waals surface area contributed by atoms with Gasteiger partial charge in [0.15, 0.2) is 5.69 Å². The van der Waals surface area contributed by atoms with Crippen LogP contribution in [0.3, 0.4) is 0 Å². The molecule has 2 rings (SSSR count). The van der Waals surface area contributed by atoms with Gasteiger partial charge in [-0.3, -0.25) is 9.48 Å². The van der Waals surface area contributed by atoms with Crippen LogP contribution in [0.1, 0.15) is 21.7 Å². The van der Waals surface area contributed by atoms with E-state index in [9.17, 15) is 4.79 Å². The predicted octanol–water partition coefficient (Wildman–Crippen LogP) is 1.68. The van der Waals surface area contributed by atoms with Crippen molar-refractivity contribution in [3.05, 3.63) is 33.8 Å². The molecule has 0 atom stereocenters. The number of carbonyl (C=O) groups is 1. The number of aromatic nitrogens is 4. The van der Waals surface area contributed by atoms with Gasteiger partial charge >= 0.3 is 0 Å². The summed E-state index contributed by atoms with van der Waals surface area (Å²) in [5, 5.41) is 8.12. The minimum Gasteiger partial charge on any atom is -0.271 e. The largest absolute Gasteiger partial charge is 0.299 e. The molecule has 0 amide bonds. The molecule has 2 aromatic rings. The van der Waals surface area contributed by atoms with Crippen LogP contribution in [0.25, 0.3) is 0 Å². The molecule has 0 aromatic carbocycles. The maximum absolute atomic E-state index is 12.0. The fraction of sp³-hybridized carbons (Fsp3) is 0.300. The van der Waals surface area contributed by atoms with Crippen LogP contribution in [0, 0.1) is 13.8 Å². The number of rotatable bonds is 1. The van der Waals surface area contributed by atoms with E-state index >= 15 is 0 Å². The normalized spacial score (nSPS) is 10.8. The number of hydrogen-bond acceptors (Lipinski definition) is 3. The third kappa shape index (κ3) is 1.69. The molecule has 84 valence electrons. The molecule has 0 aliphatic heterocycles. The molecule has 0 aliphatic rings. The Morgan fingerprint density at radius 2 is 2.12 bits per heavy atom. The zero-order valence-electron chi connectivity index (χ0n) is 9.23. The van der Waals surface area contributed by atoms with E-state index in [2.05, 4.69) is 26.1 Å². The van der Waals surface area contributed by atoms with Gasteiger partial charge in [-0.2, -0.15) is 10.2 Å². The highest BCUT2D eigenvalue weighted by atomic mass is 79.9. The summed E-state index contributed by atoms with van der Waals surface area (Å²) in [5.74, 6) is -0.233. The average molecular weight is 283 g/mol. The Labute approximate surface area is 101 Å². The van der Waals surface area contributed by atoms with Crippen molar-refractivity contribution in [1.29, 1.82) is 0 Å². The molecule has 0 saturated carbocycles. The Morgan fingerprint density at radius 1 is 1.44 bits per heavy atom. The molecule has 5 nitrogen and oxygen atoms in total. The summed E-state index contributed by atoms with van der Waals surface area (Å²) in [7, 11) is 1.80. The van der Waals surface area contributed by atoms with Gasteiger partial charge < -0.3 is 0 Å². The lowest BCUT2D eigenvalue weighted by molar-refractivity contribution is 0.0938. The van der Waals surface area contributed by atoms with Crippen molar-refractivity contribution in [3.63, 3.8) is 0 Å². The van der Waals surface area contributed by atoms with Crippen molar-refractivity contribution in [3.8, 4) is 0 Å². The first kappa shape index (κ1) is 11.1. The van der Waals surface area contributed by atoms with E-state index in [1.807, 2.05) is 13.8 Å². The van der Waals surface area contributed by atoms with Gasteiger partial charge in [0.2, 0.25) is 0 Å². The third-order valence-electron chi connectivity index (χ3n) is 2.38. The molecule has 2 aromatic heterocycles. The van der Waals surface area contributed by atoms with Crippen LogP contribution in [0.4, 0.5) is 0 Å². The maximum Gasteiger partial charge on any atom is 0.299 e. The van der Waals surface area contributed by atoms with Crippen LogP contribution in [0.5, 0.6) is 0 Å². The smallest absolute Gasteiger partial charge is 0.271 e. The SMILES string of the molecule is Cc1cnn(C(=O)c2nn(C)c(C)c2Br)c1. The summed E-state index contributed by atoms with van der Waals surface area (Å²) < 4.78 is 3.67. The Morgan fingerprint density at radius 3 is 2.56 bits per heavy atom. The lowest BCUT2D eigenvalue weighted by Crippen LogP contribution is -2.14. The van der Waals surface area contributed by atoms with Crippen LogP contribution < -0.4 is 0 Å². The second-order valence-electron chi connectivity index (χ2n) is 3.64. The Balaban J connectivity index is 2.45. The molecular weight excluding hydrogens is 272 g/mol. The highest BCUT2D eigenvalue weighted by Crippen LogP contribution is 2.20. The minimum atomic E-state index is -0.233. The van der Waals surface area contributed by atoms with Crippen molar-refractivity contribution in [2.75, 3.05) is 0 Å². The minimum absolute atomic E-state index is 0.233. The van der Waals surface area contributed by atoms with Gasteiger partial charge in [-0.25, -0.2) is 4.68 Å². The molecule has 0 spiro atoms. The summed E-state index contributed by atoms with van der Waals surface area (Å²) in [6.07, 6.45) is 3.32. The molecule has 0 saturated heterocycles. The summed E-state index contributed by atoms with van der Waals surface area (Å²) in [4.78, 5) is 12.0. The number of aryl methyl sites for hydroxylation is 2.